The Morgan fingerprint density at radius 2 is 1.70 bits per heavy atom. The molecule has 2 aromatic rings. The summed E-state index contributed by atoms with van der Waals surface area (Å²) in [5.41, 5.74) is 2.23. The lowest BCUT2D eigenvalue weighted by Gasteiger charge is -2.29. The minimum Gasteiger partial charge on any atom is -0.348 e. The van der Waals surface area contributed by atoms with E-state index in [2.05, 4.69) is 20.6 Å². The van der Waals surface area contributed by atoms with Gasteiger partial charge in [0.25, 0.3) is 0 Å². The minimum absolute atomic E-state index is 0.210. The Balaban J connectivity index is 1.63. The van der Waals surface area contributed by atoms with Crippen LogP contribution in [0.3, 0.4) is 0 Å². The van der Waals surface area contributed by atoms with Gasteiger partial charge in [0.2, 0.25) is 11.8 Å². The molecule has 1 aromatic heterocycles. The van der Waals surface area contributed by atoms with E-state index >= 15 is 0 Å². The summed E-state index contributed by atoms with van der Waals surface area (Å²) < 4.78 is 0. The molecule has 7 heteroatoms. The van der Waals surface area contributed by atoms with Crippen LogP contribution in [0.2, 0.25) is 0 Å². The Hall–Kier alpha value is -3.14. The van der Waals surface area contributed by atoms with Crippen molar-refractivity contribution in [3.8, 4) is 6.07 Å². The van der Waals surface area contributed by atoms with Crippen LogP contribution >= 0.6 is 0 Å². The third-order valence-electron chi connectivity index (χ3n) is 3.77. The summed E-state index contributed by atoms with van der Waals surface area (Å²) in [6, 6.07) is 7.80. The van der Waals surface area contributed by atoms with Crippen LogP contribution in [-0.4, -0.2) is 33.9 Å². The number of nitrogens with one attached hydrogen (secondary N) is 3. The van der Waals surface area contributed by atoms with Crippen molar-refractivity contribution in [3.63, 3.8) is 0 Å². The van der Waals surface area contributed by atoms with Crippen molar-refractivity contribution in [2.45, 2.75) is 24.9 Å². The molecule has 0 spiro atoms. The first-order valence-corrected chi connectivity index (χ1v) is 7.23. The van der Waals surface area contributed by atoms with E-state index in [9.17, 15) is 9.59 Å². The molecule has 0 radical (unpaired) electrons. The fraction of sp³-hybridized carbons (Fsp3) is 0.250. The third kappa shape index (κ3) is 3.37. The lowest BCUT2D eigenvalue weighted by atomic mass is 10.00. The molecule has 0 bridgehead atoms. The third-order valence-corrected chi connectivity index (χ3v) is 3.77. The van der Waals surface area contributed by atoms with Crippen LogP contribution in [0, 0.1) is 11.3 Å². The van der Waals surface area contributed by atoms with Crippen molar-refractivity contribution in [2.24, 2.45) is 0 Å². The van der Waals surface area contributed by atoms with Gasteiger partial charge in [-0.05, 0) is 17.7 Å². The number of H-pyrrole nitrogens is 1. The average molecular weight is 309 g/mol. The highest BCUT2D eigenvalue weighted by Gasteiger charge is 2.33. The van der Waals surface area contributed by atoms with Crippen molar-refractivity contribution in [3.05, 3.63) is 53.6 Å². The molecule has 1 saturated heterocycles. The van der Waals surface area contributed by atoms with Crippen LogP contribution in [0.4, 0.5) is 0 Å². The zero-order chi connectivity index (χ0) is 16.2. The monoisotopic (exact) mass is 309 g/mol. The molecule has 2 unspecified atom stereocenters. The summed E-state index contributed by atoms with van der Waals surface area (Å²) in [5.74, 6) is -0.420. The van der Waals surface area contributed by atoms with Gasteiger partial charge >= 0.3 is 0 Å². The molecule has 116 valence electrons. The van der Waals surface area contributed by atoms with Crippen LogP contribution in [0.1, 0.15) is 16.8 Å². The summed E-state index contributed by atoms with van der Waals surface area (Å²) >= 11 is 0. The topological polar surface area (TPSA) is 111 Å². The first kappa shape index (κ1) is 14.8. The van der Waals surface area contributed by atoms with Crippen LogP contribution in [0.15, 0.2) is 36.8 Å². The zero-order valence-electron chi connectivity index (χ0n) is 12.2. The molecule has 3 N–H and O–H groups in total. The molecule has 1 aliphatic rings. The van der Waals surface area contributed by atoms with Gasteiger partial charge in [-0.1, -0.05) is 12.1 Å². The quantitative estimate of drug-likeness (QED) is 0.741. The highest BCUT2D eigenvalue weighted by Crippen LogP contribution is 2.10. The minimum atomic E-state index is -0.603. The largest absolute Gasteiger partial charge is 0.348 e. The van der Waals surface area contributed by atoms with Crippen LogP contribution in [0.25, 0.3) is 0 Å². The van der Waals surface area contributed by atoms with Gasteiger partial charge in [0.05, 0.1) is 18.0 Å². The summed E-state index contributed by atoms with van der Waals surface area (Å²) in [4.78, 5) is 31.2. The number of hydrogen-bond acceptors (Lipinski definition) is 4. The Morgan fingerprint density at radius 3 is 2.26 bits per heavy atom. The van der Waals surface area contributed by atoms with Crippen molar-refractivity contribution < 1.29 is 9.59 Å². The van der Waals surface area contributed by atoms with Crippen LogP contribution in [-0.2, 0) is 22.4 Å². The molecule has 1 fully saturated rings. The maximum atomic E-state index is 12.2. The number of aromatic nitrogens is 2. The maximum absolute atomic E-state index is 12.2. The molecule has 3 rings (SSSR count). The average Bonchev–Trinajstić information content (AvgIpc) is 3.06. The molecule has 1 aromatic carbocycles. The van der Waals surface area contributed by atoms with Crippen molar-refractivity contribution in [1.29, 1.82) is 5.26 Å². The molecule has 1 aliphatic heterocycles. The number of hydrogen-bond donors (Lipinski definition) is 3. The van der Waals surface area contributed by atoms with E-state index in [-0.39, 0.29) is 11.8 Å². The molecule has 2 atom stereocenters. The zero-order valence-corrected chi connectivity index (χ0v) is 12.2. The van der Waals surface area contributed by atoms with Gasteiger partial charge in [-0.25, -0.2) is 4.98 Å². The Bertz CT molecular complexity index is 746. The van der Waals surface area contributed by atoms with Gasteiger partial charge in [0.1, 0.15) is 12.1 Å². The van der Waals surface area contributed by atoms with E-state index in [0.717, 1.165) is 11.3 Å². The second-order valence-corrected chi connectivity index (χ2v) is 5.42. The molecular formula is C16H15N5O2. The SMILES string of the molecule is N#Cc1ccc(CC2NC(=O)C(Cc3cnc[nH]3)NC2=O)cc1. The molecular weight excluding hydrogens is 294 g/mol. The second kappa shape index (κ2) is 6.32. The van der Waals surface area contributed by atoms with Gasteiger partial charge in [-0.3, -0.25) is 9.59 Å². The highest BCUT2D eigenvalue weighted by atomic mass is 16.2. The number of piperazine rings is 1. The molecule has 2 amide bonds. The van der Waals surface area contributed by atoms with E-state index in [0.29, 0.717) is 18.4 Å². The predicted octanol–water partition coefficient (Wildman–Crippen LogP) is 0.0498. The fourth-order valence-electron chi connectivity index (χ4n) is 2.53. The van der Waals surface area contributed by atoms with Crippen molar-refractivity contribution >= 4 is 11.8 Å². The number of nitriles is 1. The number of imidazole rings is 1. The highest BCUT2D eigenvalue weighted by molar-refractivity contribution is 5.97. The normalized spacial score (nSPS) is 20.5. The maximum Gasteiger partial charge on any atom is 0.243 e. The number of nitrogens with zero attached hydrogens (tertiary/aromatic N) is 2. The summed E-state index contributed by atoms with van der Waals surface area (Å²) in [6.07, 6.45) is 3.93. The fourth-order valence-corrected chi connectivity index (χ4v) is 2.53. The number of benzene rings is 1. The van der Waals surface area contributed by atoms with Crippen LogP contribution in [0.5, 0.6) is 0 Å². The lowest BCUT2D eigenvalue weighted by molar-refractivity contribution is -0.136. The molecule has 2 heterocycles. The van der Waals surface area contributed by atoms with Gasteiger partial charge in [0, 0.05) is 24.7 Å². The first-order valence-electron chi connectivity index (χ1n) is 7.23. The smallest absolute Gasteiger partial charge is 0.243 e. The van der Waals surface area contributed by atoms with Gasteiger partial charge < -0.3 is 15.6 Å². The molecule has 0 saturated carbocycles. The summed E-state index contributed by atoms with van der Waals surface area (Å²) in [5, 5.41) is 14.3. The molecule has 23 heavy (non-hydrogen) atoms. The number of carbonyl (C=O) groups excluding carboxylic acids is 2. The van der Waals surface area contributed by atoms with E-state index in [1.807, 2.05) is 6.07 Å². The van der Waals surface area contributed by atoms with E-state index < -0.39 is 12.1 Å². The Morgan fingerprint density at radius 1 is 1.04 bits per heavy atom. The van der Waals surface area contributed by atoms with Gasteiger partial charge in [0.15, 0.2) is 0 Å². The number of amides is 2. The van der Waals surface area contributed by atoms with E-state index in [1.165, 1.54) is 6.33 Å². The van der Waals surface area contributed by atoms with E-state index in [1.54, 1.807) is 30.5 Å². The van der Waals surface area contributed by atoms with E-state index in [4.69, 9.17) is 5.26 Å². The molecule has 7 nitrogen and oxygen atoms in total. The first-order chi connectivity index (χ1) is 11.2. The second-order valence-electron chi connectivity index (χ2n) is 5.42. The molecule has 0 aliphatic carbocycles. The number of aromatic amines is 1. The standard InChI is InChI=1S/C16H15N5O2/c17-7-11-3-1-10(2-4-11)5-13-15(22)21-14(16(23)20-13)6-12-8-18-9-19-12/h1-4,8-9,13-14H,5-6H2,(H,18,19)(H,20,23)(H,21,22). The lowest BCUT2D eigenvalue weighted by Crippen LogP contribution is -2.62. The Labute approximate surface area is 132 Å². The van der Waals surface area contributed by atoms with Gasteiger partial charge in [-0.2, -0.15) is 5.26 Å². The predicted molar refractivity (Wildman–Crippen MR) is 81.0 cm³/mol. The number of rotatable bonds is 4. The van der Waals surface area contributed by atoms with Crippen LogP contribution < -0.4 is 10.6 Å². The Kier molecular flexibility index (Phi) is 4.06. The van der Waals surface area contributed by atoms with Crippen molar-refractivity contribution in [2.75, 3.05) is 0 Å². The summed E-state index contributed by atoms with van der Waals surface area (Å²) in [6.45, 7) is 0. The summed E-state index contributed by atoms with van der Waals surface area (Å²) in [7, 11) is 0. The van der Waals surface area contributed by atoms with Crippen molar-refractivity contribution in [1.82, 2.24) is 20.6 Å². The number of carbonyl (C=O) groups is 2. The van der Waals surface area contributed by atoms with Gasteiger partial charge in [-0.15, -0.1) is 0 Å².